The molecule has 0 saturated carbocycles. The fourth-order valence-corrected chi connectivity index (χ4v) is 3.62. The summed E-state index contributed by atoms with van der Waals surface area (Å²) in [7, 11) is 0. The number of nitrogen functional groups attached to an aromatic ring is 1. The molecule has 0 spiro atoms. The third-order valence-electron chi connectivity index (χ3n) is 5.35. The first kappa shape index (κ1) is 22.6. The van der Waals surface area contributed by atoms with E-state index in [0.717, 1.165) is 5.56 Å². The molecule has 2 aromatic heterocycles. The highest BCUT2D eigenvalue weighted by atomic mass is 19.4. The van der Waals surface area contributed by atoms with Crippen molar-refractivity contribution in [2.24, 2.45) is 9.98 Å². The number of amidine groups is 1. The van der Waals surface area contributed by atoms with E-state index in [1.54, 1.807) is 30.5 Å². The Morgan fingerprint density at radius 3 is 2.67 bits per heavy atom. The average molecular weight is 458 g/mol. The molecule has 0 amide bonds. The maximum Gasteiger partial charge on any atom is 0.406 e. The molecular formula is C23H26F3N7. The molecule has 1 aromatic carbocycles. The van der Waals surface area contributed by atoms with Gasteiger partial charge in [-0.3, -0.25) is 9.67 Å². The monoisotopic (exact) mass is 457 g/mol. The van der Waals surface area contributed by atoms with Gasteiger partial charge in [-0.05, 0) is 39.0 Å². The molecule has 3 heterocycles. The Labute approximate surface area is 189 Å². The lowest BCUT2D eigenvalue weighted by atomic mass is 10.1. The van der Waals surface area contributed by atoms with Gasteiger partial charge in [-0.1, -0.05) is 12.6 Å². The van der Waals surface area contributed by atoms with Crippen LogP contribution >= 0.6 is 0 Å². The van der Waals surface area contributed by atoms with E-state index in [2.05, 4.69) is 47.8 Å². The molecular weight excluding hydrogens is 431 g/mol. The first-order valence-corrected chi connectivity index (χ1v) is 10.5. The lowest BCUT2D eigenvalue weighted by Crippen LogP contribution is -2.23. The topological polar surface area (TPSA) is 85.5 Å². The normalized spacial score (nSPS) is 14.5. The lowest BCUT2D eigenvalue weighted by molar-refractivity contribution is -0.139. The number of halogens is 3. The van der Waals surface area contributed by atoms with Crippen LogP contribution < -0.4 is 11.1 Å². The van der Waals surface area contributed by atoms with Gasteiger partial charge in [0, 0.05) is 28.5 Å². The molecule has 0 fully saturated rings. The molecule has 4 rings (SSSR count). The van der Waals surface area contributed by atoms with Gasteiger partial charge in [0.2, 0.25) is 0 Å². The summed E-state index contributed by atoms with van der Waals surface area (Å²) in [6, 6.07) is 6.53. The van der Waals surface area contributed by atoms with Crippen LogP contribution in [0.5, 0.6) is 0 Å². The first-order valence-electron chi connectivity index (χ1n) is 10.5. The Bertz CT molecular complexity index is 1270. The van der Waals surface area contributed by atoms with Gasteiger partial charge in [-0.2, -0.15) is 18.3 Å². The van der Waals surface area contributed by atoms with Gasteiger partial charge in [-0.15, -0.1) is 0 Å². The van der Waals surface area contributed by atoms with Crippen molar-refractivity contribution >= 4 is 33.8 Å². The van der Waals surface area contributed by atoms with Crippen molar-refractivity contribution in [3.8, 4) is 0 Å². The van der Waals surface area contributed by atoms with Crippen LogP contribution in [0.2, 0.25) is 0 Å². The second-order valence-corrected chi connectivity index (χ2v) is 9.01. The lowest BCUT2D eigenvalue weighted by Gasteiger charge is -2.18. The molecule has 0 saturated heterocycles. The van der Waals surface area contributed by atoms with E-state index >= 15 is 0 Å². The van der Waals surface area contributed by atoms with Gasteiger partial charge < -0.3 is 15.6 Å². The quantitative estimate of drug-likeness (QED) is 0.544. The fourth-order valence-electron chi connectivity index (χ4n) is 3.62. The molecule has 3 aromatic rings. The summed E-state index contributed by atoms with van der Waals surface area (Å²) in [4.78, 5) is 8.89. The average Bonchev–Trinajstić information content (AvgIpc) is 3.44. The Morgan fingerprint density at radius 2 is 2.00 bits per heavy atom. The summed E-state index contributed by atoms with van der Waals surface area (Å²) in [5, 5.41) is 8.12. The highest BCUT2D eigenvalue weighted by molar-refractivity contribution is 6.14. The van der Waals surface area contributed by atoms with Crippen LogP contribution in [0.1, 0.15) is 32.0 Å². The van der Waals surface area contributed by atoms with E-state index in [4.69, 9.17) is 5.73 Å². The molecule has 0 bridgehead atoms. The molecule has 0 aliphatic carbocycles. The van der Waals surface area contributed by atoms with Crippen molar-refractivity contribution in [3.63, 3.8) is 0 Å². The van der Waals surface area contributed by atoms with Crippen molar-refractivity contribution in [2.75, 3.05) is 18.8 Å². The number of rotatable bonds is 6. The zero-order valence-corrected chi connectivity index (χ0v) is 18.7. The third kappa shape index (κ3) is 4.79. The molecule has 3 N–H and O–H groups in total. The number of hydrogen-bond donors (Lipinski definition) is 2. The van der Waals surface area contributed by atoms with Crippen LogP contribution in [0.4, 0.5) is 18.9 Å². The maximum absolute atomic E-state index is 13.3. The smallest absolute Gasteiger partial charge is 0.398 e. The van der Waals surface area contributed by atoms with Crippen LogP contribution in [-0.2, 0) is 12.1 Å². The van der Waals surface area contributed by atoms with Crippen LogP contribution in [0.15, 0.2) is 53.2 Å². The van der Waals surface area contributed by atoms with Crippen LogP contribution in [-0.4, -0.2) is 45.2 Å². The van der Waals surface area contributed by atoms with Crippen molar-refractivity contribution in [3.05, 3.63) is 54.5 Å². The molecule has 0 atom stereocenters. The van der Waals surface area contributed by atoms with Gasteiger partial charge >= 0.3 is 6.18 Å². The fraction of sp³-hybridized carbons (Fsp3) is 0.348. The predicted molar refractivity (Wildman–Crippen MR) is 126 cm³/mol. The predicted octanol–water partition coefficient (Wildman–Crippen LogP) is 4.20. The van der Waals surface area contributed by atoms with Crippen LogP contribution in [0.3, 0.4) is 0 Å². The van der Waals surface area contributed by atoms with Gasteiger partial charge in [0.25, 0.3) is 0 Å². The summed E-state index contributed by atoms with van der Waals surface area (Å²) < 4.78 is 42.9. The Hall–Kier alpha value is -3.56. The number of anilines is 1. The number of aliphatic imine (C=N–C) groups is 2. The summed E-state index contributed by atoms with van der Waals surface area (Å²) in [5.74, 6) is 0.262. The van der Waals surface area contributed by atoms with Crippen molar-refractivity contribution < 1.29 is 13.2 Å². The number of nitrogens with two attached hydrogens (primary N) is 1. The molecule has 174 valence electrons. The van der Waals surface area contributed by atoms with E-state index < -0.39 is 12.7 Å². The minimum absolute atomic E-state index is 0.144. The second-order valence-electron chi connectivity index (χ2n) is 9.01. The van der Waals surface area contributed by atoms with E-state index in [0.29, 0.717) is 46.8 Å². The number of hydrogen-bond acceptors (Lipinski definition) is 5. The number of fused-ring (bicyclic) bond motifs is 1. The number of nitrogens with zero attached hydrogens (tertiary/aromatic N) is 5. The first-order chi connectivity index (χ1) is 15.4. The molecule has 33 heavy (non-hydrogen) atoms. The van der Waals surface area contributed by atoms with E-state index in [1.807, 2.05) is 10.9 Å². The summed E-state index contributed by atoms with van der Waals surface area (Å²) in [6.45, 7) is 9.73. The van der Waals surface area contributed by atoms with E-state index in [-0.39, 0.29) is 11.4 Å². The zero-order chi connectivity index (χ0) is 24.0. The van der Waals surface area contributed by atoms with Crippen molar-refractivity contribution in [1.82, 2.24) is 19.7 Å². The highest BCUT2D eigenvalue weighted by Crippen LogP contribution is 2.30. The standard InChI is InChI=1S/C23H26F3N7/c1-14(15-9-30-33(12-15)22(2,3)4)28-10-16-11-29-21(31-16)20-8-17-18(27)6-5-7-19(17)32(20)13-23(24,25)26/h5-9,12,28H,1,10-11,13,27H2,2-4H3. The summed E-state index contributed by atoms with van der Waals surface area (Å²) in [6.07, 6.45) is -0.750. The van der Waals surface area contributed by atoms with Crippen molar-refractivity contribution in [1.29, 1.82) is 0 Å². The number of benzene rings is 1. The number of aromatic nitrogens is 3. The molecule has 0 radical (unpaired) electrons. The third-order valence-corrected chi connectivity index (χ3v) is 5.35. The molecule has 1 aliphatic rings. The van der Waals surface area contributed by atoms with Crippen LogP contribution in [0.25, 0.3) is 16.6 Å². The molecule has 1 aliphatic heterocycles. The maximum atomic E-state index is 13.3. The van der Waals surface area contributed by atoms with E-state index in [1.165, 1.54) is 4.57 Å². The Morgan fingerprint density at radius 1 is 1.24 bits per heavy atom. The molecule has 7 nitrogen and oxygen atoms in total. The summed E-state index contributed by atoms with van der Waals surface area (Å²) in [5.41, 5.74) is 9.19. The molecule has 10 heteroatoms. The van der Waals surface area contributed by atoms with Crippen LogP contribution in [0, 0.1) is 0 Å². The largest absolute Gasteiger partial charge is 0.406 e. The Balaban J connectivity index is 1.53. The zero-order valence-electron chi connectivity index (χ0n) is 18.7. The second kappa shape index (κ2) is 8.09. The van der Waals surface area contributed by atoms with Gasteiger partial charge in [0.15, 0.2) is 5.84 Å². The number of alkyl halides is 3. The van der Waals surface area contributed by atoms with E-state index in [9.17, 15) is 13.2 Å². The Kier molecular flexibility index (Phi) is 5.55. The van der Waals surface area contributed by atoms with Gasteiger partial charge in [0.05, 0.1) is 41.7 Å². The molecule has 0 unspecified atom stereocenters. The number of nitrogens with one attached hydrogen (secondary N) is 1. The summed E-state index contributed by atoms with van der Waals surface area (Å²) >= 11 is 0. The minimum Gasteiger partial charge on any atom is -0.398 e. The highest BCUT2D eigenvalue weighted by Gasteiger charge is 2.31. The van der Waals surface area contributed by atoms with Crippen molar-refractivity contribution in [2.45, 2.75) is 39.0 Å². The SMILES string of the molecule is C=C(NCC1=NC(c2cc3c(N)cccc3n2CC(F)(F)F)=NC1)c1cnn(C(C)(C)C)c1. The van der Waals surface area contributed by atoms with Gasteiger partial charge in [-0.25, -0.2) is 4.99 Å². The minimum atomic E-state index is -4.40. The van der Waals surface area contributed by atoms with Gasteiger partial charge in [0.1, 0.15) is 6.54 Å².